The van der Waals surface area contributed by atoms with Gasteiger partial charge in [0, 0.05) is 4.88 Å². The van der Waals surface area contributed by atoms with E-state index in [1.807, 2.05) is 26.0 Å². The van der Waals surface area contributed by atoms with Crippen molar-refractivity contribution in [3.8, 4) is 5.75 Å². The van der Waals surface area contributed by atoms with E-state index in [4.69, 9.17) is 4.74 Å². The Bertz CT molecular complexity index is 1030. The Hall–Kier alpha value is -3.13. The smallest absolute Gasteiger partial charge is 0.307 e. The SMILES string of the molecule is CCc1c(C)sc(NC(=O)[C@H]2CC=CC[C@@H]2C(=O)O)c1C(=O)Nc1ccccc1OC. The van der Waals surface area contributed by atoms with E-state index in [2.05, 4.69) is 10.6 Å². The van der Waals surface area contributed by atoms with Crippen molar-refractivity contribution in [2.75, 3.05) is 17.7 Å². The third-order valence-electron chi connectivity index (χ3n) is 5.47. The molecule has 0 spiro atoms. The summed E-state index contributed by atoms with van der Waals surface area (Å²) in [4.78, 5) is 38.7. The minimum Gasteiger partial charge on any atom is -0.495 e. The maximum absolute atomic E-state index is 13.2. The summed E-state index contributed by atoms with van der Waals surface area (Å²) in [6, 6.07) is 7.10. The molecule has 8 heteroatoms. The van der Waals surface area contributed by atoms with Crippen molar-refractivity contribution in [3.05, 3.63) is 52.4 Å². The summed E-state index contributed by atoms with van der Waals surface area (Å²) in [6.45, 7) is 3.86. The van der Waals surface area contributed by atoms with Crippen molar-refractivity contribution in [2.45, 2.75) is 33.1 Å². The Balaban J connectivity index is 1.90. The number of rotatable bonds is 7. The van der Waals surface area contributed by atoms with Crippen molar-refractivity contribution in [1.82, 2.24) is 0 Å². The fraction of sp³-hybridized carbons (Fsp3) is 0.348. The minimum atomic E-state index is -0.991. The number of hydrogen-bond donors (Lipinski definition) is 3. The van der Waals surface area contributed by atoms with Gasteiger partial charge in [0.1, 0.15) is 10.8 Å². The van der Waals surface area contributed by atoms with E-state index in [0.29, 0.717) is 41.3 Å². The quantitative estimate of drug-likeness (QED) is 0.548. The minimum absolute atomic E-state index is 0.318. The number of aliphatic carboxylic acids is 1. The Morgan fingerprint density at radius 1 is 1.13 bits per heavy atom. The Labute approximate surface area is 185 Å². The van der Waals surface area contributed by atoms with Crippen LogP contribution in [-0.4, -0.2) is 30.0 Å². The van der Waals surface area contributed by atoms with Crippen molar-refractivity contribution in [3.63, 3.8) is 0 Å². The van der Waals surface area contributed by atoms with Crippen LogP contribution in [0, 0.1) is 18.8 Å². The monoisotopic (exact) mass is 442 g/mol. The molecule has 3 N–H and O–H groups in total. The van der Waals surface area contributed by atoms with Gasteiger partial charge >= 0.3 is 5.97 Å². The molecular weight excluding hydrogens is 416 g/mol. The highest BCUT2D eigenvalue weighted by atomic mass is 32.1. The van der Waals surface area contributed by atoms with E-state index in [-0.39, 0.29) is 11.8 Å². The van der Waals surface area contributed by atoms with Gasteiger partial charge in [-0.25, -0.2) is 0 Å². The highest BCUT2D eigenvalue weighted by Crippen LogP contribution is 2.36. The molecule has 0 fully saturated rings. The first-order valence-electron chi connectivity index (χ1n) is 10.1. The summed E-state index contributed by atoms with van der Waals surface area (Å²) in [6.07, 6.45) is 4.92. The van der Waals surface area contributed by atoms with Gasteiger partial charge < -0.3 is 20.5 Å². The number of allylic oxidation sites excluding steroid dienone is 2. The van der Waals surface area contributed by atoms with Crippen molar-refractivity contribution in [1.29, 1.82) is 0 Å². The van der Waals surface area contributed by atoms with Crippen molar-refractivity contribution < 1.29 is 24.2 Å². The number of para-hydroxylation sites is 2. The van der Waals surface area contributed by atoms with Crippen molar-refractivity contribution in [2.24, 2.45) is 11.8 Å². The number of ether oxygens (including phenoxy) is 1. The molecule has 0 bridgehead atoms. The summed E-state index contributed by atoms with van der Waals surface area (Å²) < 4.78 is 5.31. The van der Waals surface area contributed by atoms with Gasteiger partial charge in [0.25, 0.3) is 5.91 Å². The first kappa shape index (κ1) is 22.6. The summed E-state index contributed by atoms with van der Waals surface area (Å²) in [5, 5.41) is 15.6. The molecule has 0 unspecified atom stereocenters. The molecule has 1 aliphatic rings. The lowest BCUT2D eigenvalue weighted by atomic mass is 9.82. The van der Waals surface area contributed by atoms with Crippen LogP contribution >= 0.6 is 11.3 Å². The van der Waals surface area contributed by atoms with E-state index in [9.17, 15) is 19.5 Å². The number of carbonyl (C=O) groups excluding carboxylic acids is 2. The highest BCUT2D eigenvalue weighted by molar-refractivity contribution is 7.16. The zero-order valence-corrected chi connectivity index (χ0v) is 18.5. The number of carboxylic acid groups (broad SMARTS) is 1. The molecule has 0 radical (unpaired) electrons. The maximum atomic E-state index is 13.2. The number of carboxylic acids is 1. The largest absolute Gasteiger partial charge is 0.495 e. The third kappa shape index (κ3) is 4.80. The number of benzene rings is 1. The van der Waals surface area contributed by atoms with Gasteiger partial charge in [-0.15, -0.1) is 11.3 Å². The van der Waals surface area contributed by atoms with E-state index >= 15 is 0 Å². The zero-order chi connectivity index (χ0) is 22.5. The van der Waals surface area contributed by atoms with Crippen molar-refractivity contribution >= 4 is 39.8 Å². The van der Waals surface area contributed by atoms with Gasteiger partial charge in [-0.2, -0.15) is 0 Å². The molecule has 0 saturated carbocycles. The van der Waals surface area contributed by atoms with E-state index in [1.54, 1.807) is 24.3 Å². The van der Waals surface area contributed by atoms with Crippen LogP contribution in [0.1, 0.15) is 40.6 Å². The lowest BCUT2D eigenvalue weighted by molar-refractivity contribution is -0.146. The van der Waals surface area contributed by atoms with Crippen LogP contribution in [0.3, 0.4) is 0 Å². The van der Waals surface area contributed by atoms with Crippen LogP contribution in [-0.2, 0) is 16.0 Å². The Kier molecular flexibility index (Phi) is 7.12. The second-order valence-electron chi connectivity index (χ2n) is 7.33. The molecule has 164 valence electrons. The van der Waals surface area contributed by atoms with Gasteiger partial charge in [-0.3, -0.25) is 14.4 Å². The molecule has 1 aromatic heterocycles. The summed E-state index contributed by atoms with van der Waals surface area (Å²) in [7, 11) is 1.53. The molecule has 7 nitrogen and oxygen atoms in total. The van der Waals surface area contributed by atoms with Crippen LogP contribution < -0.4 is 15.4 Å². The molecule has 0 aliphatic heterocycles. The molecule has 3 rings (SSSR count). The Morgan fingerprint density at radius 2 is 1.81 bits per heavy atom. The number of nitrogens with one attached hydrogen (secondary N) is 2. The predicted octanol–water partition coefficient (Wildman–Crippen LogP) is 4.49. The Morgan fingerprint density at radius 3 is 2.45 bits per heavy atom. The van der Waals surface area contributed by atoms with Crippen LogP contribution in [0.2, 0.25) is 0 Å². The molecule has 1 aliphatic carbocycles. The second kappa shape index (κ2) is 9.78. The topological polar surface area (TPSA) is 105 Å². The molecule has 1 heterocycles. The fourth-order valence-corrected chi connectivity index (χ4v) is 4.99. The third-order valence-corrected chi connectivity index (χ3v) is 6.53. The molecule has 2 atom stereocenters. The van der Waals surface area contributed by atoms with Gasteiger partial charge in [-0.05, 0) is 43.9 Å². The van der Waals surface area contributed by atoms with Crippen LogP contribution in [0.25, 0.3) is 0 Å². The van der Waals surface area contributed by atoms with Crippen LogP contribution in [0.5, 0.6) is 5.75 Å². The van der Waals surface area contributed by atoms with Crippen LogP contribution in [0.15, 0.2) is 36.4 Å². The summed E-state index contributed by atoms with van der Waals surface area (Å²) in [5.41, 5.74) is 1.79. The number of amides is 2. The lowest BCUT2D eigenvalue weighted by Gasteiger charge is -2.24. The number of hydrogen-bond acceptors (Lipinski definition) is 5. The van der Waals surface area contributed by atoms with Gasteiger partial charge in [0.15, 0.2) is 0 Å². The summed E-state index contributed by atoms with van der Waals surface area (Å²) in [5.74, 6) is -2.64. The first-order chi connectivity index (χ1) is 14.9. The molecule has 0 saturated heterocycles. The number of methoxy groups -OCH3 is 1. The van der Waals surface area contributed by atoms with Gasteiger partial charge in [0.05, 0.1) is 30.2 Å². The summed E-state index contributed by atoms with van der Waals surface area (Å²) >= 11 is 1.33. The van der Waals surface area contributed by atoms with Gasteiger partial charge in [0.2, 0.25) is 5.91 Å². The number of aryl methyl sites for hydroxylation is 1. The number of anilines is 2. The highest BCUT2D eigenvalue weighted by Gasteiger charge is 2.35. The van der Waals surface area contributed by atoms with E-state index < -0.39 is 17.8 Å². The zero-order valence-electron chi connectivity index (χ0n) is 17.7. The first-order valence-corrected chi connectivity index (χ1v) is 10.9. The normalized spacial score (nSPS) is 17.8. The number of thiophene rings is 1. The number of carbonyl (C=O) groups is 3. The molecular formula is C23H26N2O5S. The molecule has 1 aromatic carbocycles. The predicted molar refractivity (Wildman–Crippen MR) is 121 cm³/mol. The average molecular weight is 443 g/mol. The maximum Gasteiger partial charge on any atom is 0.307 e. The standard InChI is InChI=1S/C23H26N2O5S/c1-4-14-13(2)31-22(25-20(26)15-9-5-6-10-16(15)23(28)29)19(14)21(27)24-17-11-7-8-12-18(17)30-3/h5-8,11-12,15-16H,4,9-10H2,1-3H3,(H,24,27)(H,25,26)(H,28,29)/t15-,16-/m0/s1. The molecule has 2 aromatic rings. The lowest BCUT2D eigenvalue weighted by Crippen LogP contribution is -2.35. The molecule has 31 heavy (non-hydrogen) atoms. The van der Waals surface area contributed by atoms with E-state index in [0.717, 1.165) is 10.4 Å². The molecule has 2 amide bonds. The van der Waals surface area contributed by atoms with Gasteiger partial charge in [-0.1, -0.05) is 31.2 Å². The second-order valence-corrected chi connectivity index (χ2v) is 8.56. The van der Waals surface area contributed by atoms with Crippen LogP contribution in [0.4, 0.5) is 10.7 Å². The average Bonchev–Trinajstić information content (AvgIpc) is 3.08. The van der Waals surface area contributed by atoms with E-state index in [1.165, 1.54) is 18.4 Å². The fourth-order valence-electron chi connectivity index (χ4n) is 3.85.